The second kappa shape index (κ2) is 14.8. The number of aliphatic hydroxyl groups is 1. The predicted molar refractivity (Wildman–Crippen MR) is 146 cm³/mol. The molecule has 2 heterocycles. The fraction of sp³-hybridized carbons (Fsp3) is 0.483. The van der Waals surface area contributed by atoms with Crippen LogP contribution in [0.4, 0.5) is 5.69 Å². The standard InChI is InChI=1S/C27H35N3O3.C2H6O/c1-3-11-30-26-20-25(33-24-7-5-4-6-8-24)10-9-23(26)18-22(19-27(30)31)21-29-14-12-28(13-15-29)16-17-32-2;1-2-3/h4-10,18,20H,3,11-17,19,21H2,1-2H3;3H,2H2,1H3. The van der Waals surface area contributed by atoms with Gasteiger partial charge in [-0.05, 0) is 48.7 Å². The summed E-state index contributed by atoms with van der Waals surface area (Å²) in [5.74, 6) is 1.70. The lowest BCUT2D eigenvalue weighted by Gasteiger charge is -2.35. The Hall–Kier alpha value is -2.71. The molecule has 0 aliphatic carbocycles. The summed E-state index contributed by atoms with van der Waals surface area (Å²) in [5.41, 5.74) is 3.21. The lowest BCUT2D eigenvalue weighted by molar-refractivity contribution is -0.118. The molecule has 7 nitrogen and oxygen atoms in total. The van der Waals surface area contributed by atoms with Gasteiger partial charge in [0.2, 0.25) is 5.91 Å². The van der Waals surface area contributed by atoms with Crippen molar-refractivity contribution < 1.29 is 19.4 Å². The van der Waals surface area contributed by atoms with E-state index in [9.17, 15) is 4.79 Å². The van der Waals surface area contributed by atoms with Crippen LogP contribution < -0.4 is 9.64 Å². The Morgan fingerprint density at radius 3 is 2.28 bits per heavy atom. The minimum atomic E-state index is 0.164. The van der Waals surface area contributed by atoms with Crippen molar-refractivity contribution in [3.63, 3.8) is 0 Å². The molecule has 0 atom stereocenters. The first-order valence-corrected chi connectivity index (χ1v) is 13.0. The molecular weight excluding hydrogens is 454 g/mol. The van der Waals surface area contributed by atoms with Gasteiger partial charge in [-0.3, -0.25) is 14.6 Å². The van der Waals surface area contributed by atoms with Gasteiger partial charge in [0.25, 0.3) is 0 Å². The van der Waals surface area contributed by atoms with E-state index in [1.807, 2.05) is 47.4 Å². The van der Waals surface area contributed by atoms with Crippen LogP contribution in [0.1, 0.15) is 32.3 Å². The zero-order chi connectivity index (χ0) is 25.8. The van der Waals surface area contributed by atoms with Crippen molar-refractivity contribution in [2.24, 2.45) is 0 Å². The van der Waals surface area contributed by atoms with Crippen LogP contribution in [0.15, 0.2) is 54.1 Å². The molecule has 1 fully saturated rings. The number of nitrogens with zero attached hydrogens (tertiary/aromatic N) is 3. The molecule has 196 valence electrons. The number of para-hydroxylation sites is 1. The second-order valence-corrected chi connectivity index (χ2v) is 9.09. The summed E-state index contributed by atoms with van der Waals surface area (Å²) in [4.78, 5) is 20.1. The molecule has 2 aliphatic rings. The molecule has 1 N–H and O–H groups in total. The SMILES string of the molecule is CCCN1C(=O)CC(CN2CCN(CCOC)CC2)=Cc2ccc(Oc3ccccc3)cc21.CCO. The van der Waals surface area contributed by atoms with Gasteiger partial charge >= 0.3 is 0 Å². The minimum Gasteiger partial charge on any atom is -0.457 e. The van der Waals surface area contributed by atoms with Gasteiger partial charge in [-0.2, -0.15) is 0 Å². The first-order chi connectivity index (χ1) is 17.6. The Morgan fingerprint density at radius 1 is 0.917 bits per heavy atom. The number of carbonyl (C=O) groups excluding carboxylic acids is 1. The van der Waals surface area contributed by atoms with Crippen molar-refractivity contribution in [1.82, 2.24) is 9.80 Å². The van der Waals surface area contributed by atoms with E-state index in [1.165, 1.54) is 5.57 Å². The Labute approximate surface area is 215 Å². The zero-order valence-electron chi connectivity index (χ0n) is 22.0. The van der Waals surface area contributed by atoms with Gasteiger partial charge in [0.05, 0.1) is 12.3 Å². The van der Waals surface area contributed by atoms with Crippen LogP contribution in [0.2, 0.25) is 0 Å². The number of rotatable bonds is 9. The maximum absolute atomic E-state index is 13.3. The number of carbonyl (C=O) groups is 1. The summed E-state index contributed by atoms with van der Waals surface area (Å²) in [5, 5.41) is 7.57. The van der Waals surface area contributed by atoms with Gasteiger partial charge in [-0.25, -0.2) is 0 Å². The topological polar surface area (TPSA) is 65.5 Å². The second-order valence-electron chi connectivity index (χ2n) is 9.09. The Kier molecular flexibility index (Phi) is 11.4. The third kappa shape index (κ3) is 8.17. The summed E-state index contributed by atoms with van der Waals surface area (Å²) in [7, 11) is 1.75. The highest BCUT2D eigenvalue weighted by Crippen LogP contribution is 2.34. The maximum Gasteiger partial charge on any atom is 0.231 e. The first kappa shape index (κ1) is 27.9. The number of amides is 1. The fourth-order valence-corrected chi connectivity index (χ4v) is 4.51. The number of piperazine rings is 1. The summed E-state index contributed by atoms with van der Waals surface area (Å²) < 4.78 is 11.3. The predicted octanol–water partition coefficient (Wildman–Crippen LogP) is 4.27. The van der Waals surface area contributed by atoms with Crippen LogP contribution in [0.25, 0.3) is 6.08 Å². The number of benzene rings is 2. The molecule has 2 aliphatic heterocycles. The van der Waals surface area contributed by atoms with E-state index in [4.69, 9.17) is 14.6 Å². The van der Waals surface area contributed by atoms with Crippen molar-refractivity contribution in [3.05, 3.63) is 59.7 Å². The molecular formula is C29H41N3O4. The molecule has 0 aromatic heterocycles. The molecule has 4 rings (SSSR count). The van der Waals surface area contributed by atoms with Crippen LogP contribution in [0.3, 0.4) is 0 Å². The lowest BCUT2D eigenvalue weighted by atomic mass is 10.1. The molecule has 7 heteroatoms. The van der Waals surface area contributed by atoms with Crippen molar-refractivity contribution in [2.45, 2.75) is 26.7 Å². The quantitative estimate of drug-likeness (QED) is 0.561. The molecule has 0 spiro atoms. The highest BCUT2D eigenvalue weighted by atomic mass is 16.5. The average molecular weight is 496 g/mol. The van der Waals surface area contributed by atoms with E-state index in [0.29, 0.717) is 13.0 Å². The van der Waals surface area contributed by atoms with E-state index in [1.54, 1.807) is 14.0 Å². The van der Waals surface area contributed by atoms with Crippen LogP contribution in [0, 0.1) is 0 Å². The molecule has 2 aromatic rings. The van der Waals surface area contributed by atoms with Gasteiger partial charge in [0.15, 0.2) is 0 Å². The van der Waals surface area contributed by atoms with Gasteiger partial charge in [-0.15, -0.1) is 0 Å². The third-order valence-corrected chi connectivity index (χ3v) is 6.26. The largest absolute Gasteiger partial charge is 0.457 e. The third-order valence-electron chi connectivity index (χ3n) is 6.26. The molecule has 0 radical (unpaired) electrons. The molecule has 1 amide bonds. The van der Waals surface area contributed by atoms with E-state index < -0.39 is 0 Å². The van der Waals surface area contributed by atoms with Crippen molar-refractivity contribution in [3.8, 4) is 11.5 Å². The number of aliphatic hydroxyl groups excluding tert-OH is 1. The Bertz CT molecular complexity index is 972. The Balaban J connectivity index is 0.00000115. The lowest BCUT2D eigenvalue weighted by Crippen LogP contribution is -2.47. The van der Waals surface area contributed by atoms with Crippen LogP contribution in [0.5, 0.6) is 11.5 Å². The van der Waals surface area contributed by atoms with Crippen molar-refractivity contribution >= 4 is 17.7 Å². The summed E-state index contributed by atoms with van der Waals surface area (Å²) in [6.07, 6.45) is 3.59. The van der Waals surface area contributed by atoms with Crippen molar-refractivity contribution in [2.75, 3.05) is 71.0 Å². The molecule has 0 unspecified atom stereocenters. The summed E-state index contributed by atoms with van der Waals surface area (Å²) >= 11 is 0. The molecule has 2 aromatic carbocycles. The highest BCUT2D eigenvalue weighted by molar-refractivity contribution is 5.99. The number of hydrogen-bond donors (Lipinski definition) is 1. The number of fused-ring (bicyclic) bond motifs is 1. The van der Waals surface area contributed by atoms with Gasteiger partial charge in [0, 0.05) is 72.0 Å². The summed E-state index contributed by atoms with van der Waals surface area (Å²) in [6, 6.07) is 15.8. The molecule has 0 bridgehead atoms. The molecule has 1 saturated heterocycles. The zero-order valence-corrected chi connectivity index (χ0v) is 22.0. The fourth-order valence-electron chi connectivity index (χ4n) is 4.51. The van der Waals surface area contributed by atoms with Crippen molar-refractivity contribution in [1.29, 1.82) is 0 Å². The van der Waals surface area contributed by atoms with E-state index in [0.717, 1.165) is 75.0 Å². The van der Waals surface area contributed by atoms with E-state index in [-0.39, 0.29) is 12.5 Å². The van der Waals surface area contributed by atoms with E-state index >= 15 is 0 Å². The summed E-state index contributed by atoms with van der Waals surface area (Å²) in [6.45, 7) is 11.5. The minimum absolute atomic E-state index is 0.164. The van der Waals surface area contributed by atoms with Gasteiger partial charge in [-0.1, -0.05) is 31.2 Å². The van der Waals surface area contributed by atoms with E-state index in [2.05, 4.69) is 28.9 Å². The van der Waals surface area contributed by atoms with Crippen LogP contribution in [-0.4, -0.2) is 87.0 Å². The average Bonchev–Trinajstić information content (AvgIpc) is 3.01. The smallest absolute Gasteiger partial charge is 0.231 e. The number of ether oxygens (including phenoxy) is 2. The van der Waals surface area contributed by atoms with Crippen LogP contribution in [-0.2, 0) is 9.53 Å². The Morgan fingerprint density at radius 2 is 1.61 bits per heavy atom. The number of anilines is 1. The first-order valence-electron chi connectivity index (χ1n) is 13.0. The van der Waals surface area contributed by atoms with Gasteiger partial charge < -0.3 is 19.5 Å². The number of methoxy groups -OCH3 is 1. The van der Waals surface area contributed by atoms with Gasteiger partial charge in [0.1, 0.15) is 11.5 Å². The molecule has 0 saturated carbocycles. The highest BCUT2D eigenvalue weighted by Gasteiger charge is 2.25. The monoisotopic (exact) mass is 495 g/mol. The maximum atomic E-state index is 13.3. The normalized spacial score (nSPS) is 16.5. The van der Waals surface area contributed by atoms with Crippen LogP contribution >= 0.6 is 0 Å². The molecule has 36 heavy (non-hydrogen) atoms. The number of hydrogen-bond acceptors (Lipinski definition) is 6.